The summed E-state index contributed by atoms with van der Waals surface area (Å²) in [6.07, 6.45) is 8.94. The van der Waals surface area contributed by atoms with Gasteiger partial charge in [-0.2, -0.15) is 4.39 Å². The molecule has 0 unspecified atom stereocenters. The van der Waals surface area contributed by atoms with Crippen LogP contribution >= 0.6 is 0 Å². The van der Waals surface area contributed by atoms with Gasteiger partial charge in [-0.05, 0) is 44.1 Å². The van der Waals surface area contributed by atoms with E-state index in [0.717, 1.165) is 25.9 Å². The Bertz CT molecular complexity index is 1290. The highest BCUT2D eigenvalue weighted by atomic mass is 19.1. The number of rotatable bonds is 7. The zero-order chi connectivity index (χ0) is 24.8. The summed E-state index contributed by atoms with van der Waals surface area (Å²) < 4.78 is 14.3. The number of fused-ring (bicyclic) bond motifs is 1. The van der Waals surface area contributed by atoms with Crippen molar-refractivity contribution in [1.29, 1.82) is 0 Å². The lowest BCUT2D eigenvalue weighted by atomic mass is 10.1. The van der Waals surface area contributed by atoms with Gasteiger partial charge < -0.3 is 21.4 Å². The summed E-state index contributed by atoms with van der Waals surface area (Å²) in [7, 11) is 1.63. The van der Waals surface area contributed by atoms with Gasteiger partial charge in [0.15, 0.2) is 0 Å². The van der Waals surface area contributed by atoms with Crippen molar-refractivity contribution >= 4 is 46.0 Å². The molecule has 2 amide bonds. The number of hydrogen-bond acceptors (Lipinski definition) is 7. The maximum absolute atomic E-state index is 14.3. The number of halogens is 1. The second-order valence-electron chi connectivity index (χ2n) is 8.26. The third-order valence-corrected chi connectivity index (χ3v) is 5.68. The van der Waals surface area contributed by atoms with Gasteiger partial charge >= 0.3 is 0 Å². The number of aromatic nitrogens is 3. The van der Waals surface area contributed by atoms with E-state index in [2.05, 4.69) is 35.5 Å². The molecule has 1 aliphatic heterocycles. The van der Waals surface area contributed by atoms with Crippen LogP contribution in [-0.2, 0) is 4.79 Å². The Kier molecular flexibility index (Phi) is 7.46. The Labute approximate surface area is 201 Å². The van der Waals surface area contributed by atoms with Crippen molar-refractivity contribution in [3.05, 3.63) is 54.0 Å². The number of carbonyl (C=O) groups is 2. The lowest BCUT2D eigenvalue weighted by molar-refractivity contribution is -0.117. The molecule has 4 heterocycles. The van der Waals surface area contributed by atoms with E-state index in [9.17, 15) is 14.0 Å². The van der Waals surface area contributed by atoms with Crippen LogP contribution in [0.25, 0.3) is 16.6 Å². The van der Waals surface area contributed by atoms with Crippen LogP contribution in [0.5, 0.6) is 0 Å². The predicted molar refractivity (Wildman–Crippen MR) is 134 cm³/mol. The van der Waals surface area contributed by atoms with Crippen LogP contribution in [-0.4, -0.2) is 64.6 Å². The first-order chi connectivity index (χ1) is 17.0. The maximum Gasteiger partial charge on any atom is 0.257 e. The summed E-state index contributed by atoms with van der Waals surface area (Å²) >= 11 is 0. The Morgan fingerprint density at radius 2 is 1.97 bits per heavy atom. The van der Waals surface area contributed by atoms with Gasteiger partial charge in [0.25, 0.3) is 5.91 Å². The molecule has 0 radical (unpaired) electrons. The van der Waals surface area contributed by atoms with Gasteiger partial charge in [0, 0.05) is 36.6 Å². The molecule has 1 saturated heterocycles. The molecule has 0 saturated carbocycles. The van der Waals surface area contributed by atoms with Gasteiger partial charge in [-0.25, -0.2) is 9.97 Å². The molecule has 3 aromatic rings. The molecule has 5 N–H and O–H groups in total. The molecule has 0 spiro atoms. The van der Waals surface area contributed by atoms with Crippen LogP contribution in [0.3, 0.4) is 0 Å². The van der Waals surface area contributed by atoms with E-state index in [0.29, 0.717) is 28.0 Å². The van der Waals surface area contributed by atoms with Crippen molar-refractivity contribution in [2.24, 2.45) is 10.7 Å². The van der Waals surface area contributed by atoms with Gasteiger partial charge in [0.1, 0.15) is 5.65 Å². The molecule has 4 rings (SSSR count). The Hall–Kier alpha value is -4.12. The molecule has 0 aromatic carbocycles. The molecule has 182 valence electrons. The van der Waals surface area contributed by atoms with Crippen molar-refractivity contribution in [3.63, 3.8) is 0 Å². The third kappa shape index (κ3) is 5.87. The second-order valence-corrected chi connectivity index (χ2v) is 8.26. The molecule has 0 bridgehead atoms. The molecular formula is C24H27FN8O2. The van der Waals surface area contributed by atoms with E-state index < -0.39 is 11.9 Å². The zero-order valence-corrected chi connectivity index (χ0v) is 19.3. The van der Waals surface area contributed by atoms with Crippen molar-refractivity contribution in [1.82, 2.24) is 19.9 Å². The summed E-state index contributed by atoms with van der Waals surface area (Å²) in [5, 5.41) is 5.90. The lowest BCUT2D eigenvalue weighted by Crippen LogP contribution is -2.36. The molecule has 3 aromatic heterocycles. The number of nitrogens with two attached hydrogens (primary N) is 1. The largest absolute Gasteiger partial charge is 0.404 e. The number of nitrogens with zero attached hydrogens (tertiary/aromatic N) is 4. The summed E-state index contributed by atoms with van der Waals surface area (Å²) in [5.41, 5.74) is 7.96. The number of carbonyl (C=O) groups excluding carboxylic acids is 2. The number of aliphatic imine (C=N–C) groups is 1. The number of hydrogen-bond donors (Lipinski definition) is 4. The minimum atomic E-state index is -0.859. The summed E-state index contributed by atoms with van der Waals surface area (Å²) in [5.74, 6) is -1.64. The normalized spacial score (nSPS) is 15.0. The minimum absolute atomic E-state index is 0.145. The number of H-pyrrole nitrogens is 1. The molecule has 0 aliphatic carbocycles. The Morgan fingerprint density at radius 3 is 2.71 bits per heavy atom. The second kappa shape index (κ2) is 10.9. The Balaban J connectivity index is 1.46. The highest BCUT2D eigenvalue weighted by Gasteiger charge is 2.16. The monoisotopic (exact) mass is 478 g/mol. The number of likely N-dealkylation sites (tertiary alicyclic amines) is 1. The van der Waals surface area contributed by atoms with Crippen LogP contribution in [0.15, 0.2) is 41.8 Å². The minimum Gasteiger partial charge on any atom is -0.404 e. The van der Waals surface area contributed by atoms with Gasteiger partial charge in [-0.1, -0.05) is 6.42 Å². The summed E-state index contributed by atoms with van der Waals surface area (Å²) in [4.78, 5) is 42.3. The summed E-state index contributed by atoms with van der Waals surface area (Å²) in [6, 6.07) is 4.77. The number of allylic oxidation sites excluding steroid dienone is 1. The van der Waals surface area contributed by atoms with Gasteiger partial charge in [-0.15, -0.1) is 0 Å². The standard InChI is InChI=1S/C24H27FN8O2/c1-27-11-17(10-26)19-8-15-7-16(12-29-23(15)31-19)24(35)32-20-9-18(13-28-22(20)25)30-21(34)14-33-5-3-2-4-6-33/h7-13H,2-6,14,26H2,1H3,(H,29,31)(H,30,34)(H,32,35)/b17-10+,27-11?. The number of piperidine rings is 1. The number of amides is 2. The Morgan fingerprint density at radius 1 is 1.17 bits per heavy atom. The fourth-order valence-electron chi connectivity index (χ4n) is 3.96. The van der Waals surface area contributed by atoms with Crippen molar-refractivity contribution in [2.75, 3.05) is 37.3 Å². The number of pyridine rings is 2. The average Bonchev–Trinajstić information content (AvgIpc) is 3.28. The SMILES string of the molecule is CN=C/C(=C\N)c1cc2cc(C(=O)Nc3cc(NC(=O)CN4CCCCC4)cnc3F)cnc2[nH]1. The van der Waals surface area contributed by atoms with Crippen molar-refractivity contribution in [2.45, 2.75) is 19.3 Å². The molecule has 35 heavy (non-hydrogen) atoms. The first kappa shape index (κ1) is 24.0. The first-order valence-corrected chi connectivity index (χ1v) is 11.3. The quantitative estimate of drug-likeness (QED) is 0.304. The van der Waals surface area contributed by atoms with E-state index in [1.54, 1.807) is 25.4 Å². The third-order valence-electron chi connectivity index (χ3n) is 5.68. The van der Waals surface area contributed by atoms with Crippen LogP contribution in [0.1, 0.15) is 35.3 Å². The van der Waals surface area contributed by atoms with Crippen LogP contribution in [0, 0.1) is 5.95 Å². The van der Waals surface area contributed by atoms with E-state index in [1.165, 1.54) is 31.1 Å². The van der Waals surface area contributed by atoms with Gasteiger partial charge in [0.2, 0.25) is 11.9 Å². The van der Waals surface area contributed by atoms with Crippen molar-refractivity contribution < 1.29 is 14.0 Å². The number of aromatic amines is 1. The van der Waals surface area contributed by atoms with Gasteiger partial charge in [0.05, 0.1) is 35.4 Å². The van der Waals surface area contributed by atoms with Crippen LogP contribution < -0.4 is 16.4 Å². The van der Waals surface area contributed by atoms with Gasteiger partial charge in [-0.3, -0.25) is 19.5 Å². The smallest absolute Gasteiger partial charge is 0.257 e. The number of nitrogens with one attached hydrogen (secondary N) is 3. The highest BCUT2D eigenvalue weighted by molar-refractivity contribution is 6.10. The van der Waals surface area contributed by atoms with E-state index in [4.69, 9.17) is 5.73 Å². The summed E-state index contributed by atoms with van der Waals surface area (Å²) in [6.45, 7) is 2.02. The molecule has 0 atom stereocenters. The maximum atomic E-state index is 14.3. The molecule has 1 aliphatic rings. The van der Waals surface area contributed by atoms with E-state index in [1.807, 2.05) is 0 Å². The average molecular weight is 479 g/mol. The first-order valence-electron chi connectivity index (χ1n) is 11.3. The fraction of sp³-hybridized carbons (Fsp3) is 0.292. The molecule has 11 heteroatoms. The number of anilines is 2. The predicted octanol–water partition coefficient (Wildman–Crippen LogP) is 2.77. The van der Waals surface area contributed by atoms with Crippen LogP contribution in [0.2, 0.25) is 0 Å². The molecule has 10 nitrogen and oxygen atoms in total. The molecule has 1 fully saturated rings. The van der Waals surface area contributed by atoms with E-state index >= 15 is 0 Å². The van der Waals surface area contributed by atoms with E-state index in [-0.39, 0.29) is 23.7 Å². The molecular weight excluding hydrogens is 451 g/mol. The lowest BCUT2D eigenvalue weighted by Gasteiger charge is -2.25. The topological polar surface area (TPSA) is 141 Å². The van der Waals surface area contributed by atoms with Crippen molar-refractivity contribution in [3.8, 4) is 0 Å². The zero-order valence-electron chi connectivity index (χ0n) is 19.3. The highest BCUT2D eigenvalue weighted by Crippen LogP contribution is 2.22. The van der Waals surface area contributed by atoms with Crippen LogP contribution in [0.4, 0.5) is 15.8 Å². The fourth-order valence-corrected chi connectivity index (χ4v) is 3.96.